The molecular formula is C17H21FIN5O. The maximum Gasteiger partial charge on any atom is 0.243 e. The Bertz CT molecular complexity index is 679. The normalized spacial score (nSPS) is 10.6. The van der Waals surface area contributed by atoms with Crippen LogP contribution in [0.15, 0.2) is 53.7 Å². The molecule has 1 aromatic heterocycles. The molecule has 2 aromatic rings. The van der Waals surface area contributed by atoms with Gasteiger partial charge in [-0.1, -0.05) is 6.07 Å². The average molecular weight is 457 g/mol. The third-order valence-electron chi connectivity index (χ3n) is 3.17. The van der Waals surface area contributed by atoms with Crippen molar-refractivity contribution in [1.82, 2.24) is 15.6 Å². The summed E-state index contributed by atoms with van der Waals surface area (Å²) in [5, 5.41) is 8.70. The van der Waals surface area contributed by atoms with Crippen molar-refractivity contribution in [2.45, 2.75) is 6.42 Å². The molecule has 2 rings (SSSR count). The first-order valence-corrected chi connectivity index (χ1v) is 7.57. The molecule has 1 aromatic carbocycles. The molecule has 3 N–H and O–H groups in total. The van der Waals surface area contributed by atoms with Crippen LogP contribution in [0.5, 0.6) is 0 Å². The third-order valence-corrected chi connectivity index (χ3v) is 3.17. The van der Waals surface area contributed by atoms with Crippen LogP contribution < -0.4 is 16.0 Å². The smallest absolute Gasteiger partial charge is 0.243 e. The molecule has 8 heteroatoms. The topological polar surface area (TPSA) is 78.4 Å². The number of aliphatic imine (C=N–C) groups is 1. The number of amides is 1. The Morgan fingerprint density at radius 3 is 2.56 bits per heavy atom. The van der Waals surface area contributed by atoms with Crippen LogP contribution in [0.2, 0.25) is 0 Å². The van der Waals surface area contributed by atoms with Gasteiger partial charge in [-0.15, -0.1) is 24.0 Å². The fourth-order valence-electron chi connectivity index (χ4n) is 1.98. The maximum atomic E-state index is 12.8. The Labute approximate surface area is 163 Å². The van der Waals surface area contributed by atoms with E-state index in [2.05, 4.69) is 25.9 Å². The third kappa shape index (κ3) is 7.92. The van der Waals surface area contributed by atoms with Gasteiger partial charge in [-0.05, 0) is 36.4 Å². The SMILES string of the molecule is CN=C(NCCc1ccccn1)NCC(=O)Nc1ccc(F)cc1.I. The molecule has 0 spiro atoms. The number of nitrogens with zero attached hydrogens (tertiary/aromatic N) is 2. The predicted molar refractivity (Wildman–Crippen MR) is 108 cm³/mol. The summed E-state index contributed by atoms with van der Waals surface area (Å²) >= 11 is 0. The number of carbonyl (C=O) groups is 1. The summed E-state index contributed by atoms with van der Waals surface area (Å²) in [7, 11) is 1.63. The fourth-order valence-corrected chi connectivity index (χ4v) is 1.98. The quantitative estimate of drug-likeness (QED) is 0.353. The Kier molecular flexibility index (Phi) is 9.45. The summed E-state index contributed by atoms with van der Waals surface area (Å²) in [6.45, 7) is 0.705. The minimum atomic E-state index is -0.344. The van der Waals surface area contributed by atoms with Gasteiger partial charge in [-0.2, -0.15) is 0 Å². The second-order valence-corrected chi connectivity index (χ2v) is 4.98. The Balaban J connectivity index is 0.00000312. The molecule has 0 aliphatic rings. The van der Waals surface area contributed by atoms with Crippen molar-refractivity contribution in [1.29, 1.82) is 0 Å². The van der Waals surface area contributed by atoms with Crippen molar-refractivity contribution in [3.05, 3.63) is 60.2 Å². The van der Waals surface area contributed by atoms with Crippen LogP contribution in [0, 0.1) is 5.82 Å². The van der Waals surface area contributed by atoms with Crippen LogP contribution >= 0.6 is 24.0 Å². The molecule has 1 amide bonds. The molecule has 25 heavy (non-hydrogen) atoms. The Morgan fingerprint density at radius 2 is 1.92 bits per heavy atom. The zero-order valence-corrected chi connectivity index (χ0v) is 16.2. The molecule has 0 saturated carbocycles. The van der Waals surface area contributed by atoms with Gasteiger partial charge in [0.2, 0.25) is 5.91 Å². The second kappa shape index (κ2) is 11.3. The summed E-state index contributed by atoms with van der Waals surface area (Å²) in [6, 6.07) is 11.4. The zero-order valence-electron chi connectivity index (χ0n) is 13.8. The first kappa shape index (κ1) is 20.8. The zero-order chi connectivity index (χ0) is 17.2. The summed E-state index contributed by atoms with van der Waals surface area (Å²) in [5.41, 5.74) is 1.52. The van der Waals surface area contributed by atoms with Crippen molar-refractivity contribution < 1.29 is 9.18 Å². The lowest BCUT2D eigenvalue weighted by atomic mass is 10.3. The number of hydrogen-bond acceptors (Lipinski definition) is 3. The van der Waals surface area contributed by atoms with E-state index in [1.54, 1.807) is 13.2 Å². The van der Waals surface area contributed by atoms with Crippen LogP contribution in [0.4, 0.5) is 10.1 Å². The molecule has 0 unspecified atom stereocenters. The molecule has 0 bridgehead atoms. The van der Waals surface area contributed by atoms with E-state index in [1.807, 2.05) is 18.2 Å². The van der Waals surface area contributed by atoms with E-state index >= 15 is 0 Å². The van der Waals surface area contributed by atoms with Gasteiger partial charge in [0.1, 0.15) is 5.82 Å². The number of rotatable bonds is 6. The minimum absolute atomic E-state index is 0. The molecule has 0 aliphatic heterocycles. The number of carbonyl (C=O) groups excluding carboxylic acids is 1. The molecule has 134 valence electrons. The molecule has 0 radical (unpaired) electrons. The summed E-state index contributed by atoms with van der Waals surface area (Å²) < 4.78 is 12.8. The number of aromatic nitrogens is 1. The first-order valence-electron chi connectivity index (χ1n) is 7.57. The van der Waals surface area contributed by atoms with Gasteiger partial charge in [-0.25, -0.2) is 4.39 Å². The number of halogens is 2. The first-order chi connectivity index (χ1) is 11.7. The van der Waals surface area contributed by atoms with Crippen molar-refractivity contribution in [3.8, 4) is 0 Å². The highest BCUT2D eigenvalue weighted by molar-refractivity contribution is 14.0. The van der Waals surface area contributed by atoms with Crippen molar-refractivity contribution in [2.75, 3.05) is 25.5 Å². The van der Waals surface area contributed by atoms with Crippen LogP contribution in [0.1, 0.15) is 5.69 Å². The number of hydrogen-bond donors (Lipinski definition) is 3. The minimum Gasteiger partial charge on any atom is -0.356 e. The van der Waals surface area contributed by atoms with Crippen molar-refractivity contribution >= 4 is 41.5 Å². The van der Waals surface area contributed by atoms with Crippen LogP contribution in [0.25, 0.3) is 0 Å². The molecule has 0 saturated heterocycles. The fraction of sp³-hybridized carbons (Fsp3) is 0.235. The van der Waals surface area contributed by atoms with Gasteiger partial charge in [0.25, 0.3) is 0 Å². The number of anilines is 1. The van der Waals surface area contributed by atoms with Crippen LogP contribution in [-0.2, 0) is 11.2 Å². The summed E-state index contributed by atoms with van der Waals surface area (Å²) in [5.74, 6) is -0.0573. The monoisotopic (exact) mass is 457 g/mol. The van der Waals surface area contributed by atoms with E-state index < -0.39 is 0 Å². The van der Waals surface area contributed by atoms with Gasteiger partial charge < -0.3 is 16.0 Å². The highest BCUT2D eigenvalue weighted by Gasteiger charge is 2.04. The highest BCUT2D eigenvalue weighted by Crippen LogP contribution is 2.07. The lowest BCUT2D eigenvalue weighted by Crippen LogP contribution is -2.42. The van der Waals surface area contributed by atoms with Gasteiger partial charge in [0, 0.05) is 37.6 Å². The van der Waals surface area contributed by atoms with Crippen LogP contribution in [0.3, 0.4) is 0 Å². The second-order valence-electron chi connectivity index (χ2n) is 4.98. The van der Waals surface area contributed by atoms with E-state index in [4.69, 9.17) is 0 Å². The van der Waals surface area contributed by atoms with Gasteiger partial charge in [-0.3, -0.25) is 14.8 Å². The molecular weight excluding hydrogens is 436 g/mol. The average Bonchev–Trinajstić information content (AvgIpc) is 2.61. The largest absolute Gasteiger partial charge is 0.356 e. The molecule has 0 atom stereocenters. The Hall–Kier alpha value is -2.23. The lowest BCUT2D eigenvalue weighted by Gasteiger charge is -2.12. The van der Waals surface area contributed by atoms with E-state index in [0.717, 1.165) is 12.1 Å². The number of pyridine rings is 1. The van der Waals surface area contributed by atoms with Gasteiger partial charge in [0.05, 0.1) is 6.54 Å². The van der Waals surface area contributed by atoms with E-state index in [9.17, 15) is 9.18 Å². The van der Waals surface area contributed by atoms with Gasteiger partial charge in [0.15, 0.2) is 5.96 Å². The molecule has 0 fully saturated rings. The number of benzene rings is 1. The molecule has 6 nitrogen and oxygen atoms in total. The Morgan fingerprint density at radius 1 is 1.16 bits per heavy atom. The maximum absolute atomic E-state index is 12.8. The van der Waals surface area contributed by atoms with E-state index in [0.29, 0.717) is 18.2 Å². The summed E-state index contributed by atoms with van der Waals surface area (Å²) in [4.78, 5) is 20.1. The van der Waals surface area contributed by atoms with Crippen molar-refractivity contribution in [3.63, 3.8) is 0 Å². The summed E-state index contributed by atoms with van der Waals surface area (Å²) in [6.07, 6.45) is 2.51. The van der Waals surface area contributed by atoms with E-state index in [1.165, 1.54) is 24.3 Å². The van der Waals surface area contributed by atoms with Crippen LogP contribution in [-0.4, -0.2) is 37.0 Å². The number of nitrogens with one attached hydrogen (secondary N) is 3. The van der Waals surface area contributed by atoms with E-state index in [-0.39, 0.29) is 42.2 Å². The standard InChI is InChI=1S/C17H20FN5O.HI/c1-19-17(21-11-9-14-4-2-3-10-20-14)22-12-16(24)23-15-7-5-13(18)6-8-15;/h2-8,10H,9,11-12H2,1H3,(H,23,24)(H2,19,21,22);1H. The van der Waals surface area contributed by atoms with Gasteiger partial charge >= 0.3 is 0 Å². The number of guanidine groups is 1. The lowest BCUT2D eigenvalue weighted by molar-refractivity contribution is -0.115. The molecule has 1 heterocycles. The molecule has 0 aliphatic carbocycles. The van der Waals surface area contributed by atoms with Crippen molar-refractivity contribution in [2.24, 2.45) is 4.99 Å². The predicted octanol–water partition coefficient (Wildman–Crippen LogP) is 2.18. The highest BCUT2D eigenvalue weighted by atomic mass is 127.